The Balaban J connectivity index is 2.82. The van der Waals surface area contributed by atoms with Gasteiger partial charge in [0.05, 0.1) is 7.11 Å². The molecule has 0 bridgehead atoms. The molecular formula is C14H17FO3. The third kappa shape index (κ3) is 3.15. The first-order chi connectivity index (χ1) is 8.51. The van der Waals surface area contributed by atoms with E-state index in [0.29, 0.717) is 12.2 Å². The van der Waals surface area contributed by atoms with E-state index < -0.39 is 23.7 Å². The molecule has 1 aromatic carbocycles. The van der Waals surface area contributed by atoms with Gasteiger partial charge in [0.25, 0.3) is 0 Å². The van der Waals surface area contributed by atoms with Crippen molar-refractivity contribution in [3.63, 3.8) is 0 Å². The van der Waals surface area contributed by atoms with Crippen LogP contribution in [0.4, 0.5) is 4.39 Å². The lowest BCUT2D eigenvalue weighted by molar-refractivity contribution is -0.125. The topological polar surface area (TPSA) is 43.4 Å². The lowest BCUT2D eigenvalue weighted by atomic mass is 9.95. The number of hydrogen-bond donors (Lipinski definition) is 0. The van der Waals surface area contributed by atoms with E-state index in [1.54, 1.807) is 26.0 Å². The number of methoxy groups -OCH3 is 1. The molecule has 0 fully saturated rings. The zero-order valence-corrected chi connectivity index (χ0v) is 10.8. The lowest BCUT2D eigenvalue weighted by Crippen LogP contribution is -2.30. The number of carbonyl (C=O) groups is 2. The number of hydrogen-bond acceptors (Lipinski definition) is 3. The van der Waals surface area contributed by atoms with E-state index in [2.05, 4.69) is 0 Å². The average Bonchev–Trinajstić information content (AvgIpc) is 2.44. The average molecular weight is 252 g/mol. The van der Waals surface area contributed by atoms with Gasteiger partial charge in [-0.25, -0.2) is 4.39 Å². The van der Waals surface area contributed by atoms with E-state index in [-0.39, 0.29) is 5.56 Å². The molecule has 0 saturated carbocycles. The molecule has 0 aliphatic carbocycles. The van der Waals surface area contributed by atoms with Crippen LogP contribution in [0.15, 0.2) is 24.3 Å². The van der Waals surface area contributed by atoms with Gasteiger partial charge in [-0.2, -0.15) is 0 Å². The van der Waals surface area contributed by atoms with Gasteiger partial charge < -0.3 is 4.74 Å². The minimum Gasteiger partial charge on any atom is -0.497 e. The molecular weight excluding hydrogens is 235 g/mol. The van der Waals surface area contributed by atoms with E-state index >= 15 is 0 Å². The second-order valence-corrected chi connectivity index (χ2v) is 4.17. The van der Waals surface area contributed by atoms with Crippen molar-refractivity contribution in [3.05, 3.63) is 29.8 Å². The highest BCUT2D eigenvalue weighted by atomic mass is 19.1. The van der Waals surface area contributed by atoms with Crippen LogP contribution in [0.1, 0.15) is 30.6 Å². The summed E-state index contributed by atoms with van der Waals surface area (Å²) in [7, 11) is 1.50. The largest absolute Gasteiger partial charge is 0.497 e. The van der Waals surface area contributed by atoms with Crippen molar-refractivity contribution >= 4 is 11.6 Å². The Hall–Kier alpha value is -1.71. The molecule has 3 nitrogen and oxygen atoms in total. The van der Waals surface area contributed by atoms with Crippen molar-refractivity contribution < 1.29 is 18.7 Å². The minimum absolute atomic E-state index is 0.181. The SMILES string of the molecule is CCC(C)C(=O)C(F)C(=O)c1ccc(OC)cc1. The normalized spacial score (nSPS) is 13.8. The molecule has 0 N–H and O–H groups in total. The Kier molecular flexibility index (Phi) is 5.01. The Morgan fingerprint density at radius 2 is 1.83 bits per heavy atom. The Bertz CT molecular complexity index is 425. The number of ketones is 2. The standard InChI is InChI=1S/C14H17FO3/c1-4-9(2)13(16)12(15)14(17)10-5-7-11(18-3)8-6-10/h5-9,12H,4H2,1-3H3. The maximum Gasteiger partial charge on any atom is 0.221 e. The summed E-state index contributed by atoms with van der Waals surface area (Å²) < 4.78 is 18.7. The fourth-order valence-corrected chi connectivity index (χ4v) is 1.48. The van der Waals surface area contributed by atoms with Crippen LogP contribution < -0.4 is 4.74 Å². The minimum atomic E-state index is -2.08. The van der Waals surface area contributed by atoms with E-state index in [4.69, 9.17) is 4.74 Å². The van der Waals surface area contributed by atoms with E-state index in [9.17, 15) is 14.0 Å². The van der Waals surface area contributed by atoms with Crippen LogP contribution in [0, 0.1) is 5.92 Å². The van der Waals surface area contributed by atoms with Crippen LogP contribution in [-0.4, -0.2) is 24.8 Å². The summed E-state index contributed by atoms with van der Waals surface area (Å²) in [5, 5.41) is 0. The van der Waals surface area contributed by atoms with E-state index in [1.807, 2.05) is 0 Å². The first kappa shape index (κ1) is 14.4. The maximum absolute atomic E-state index is 13.8. The smallest absolute Gasteiger partial charge is 0.221 e. The molecule has 0 aromatic heterocycles. The molecule has 1 aromatic rings. The zero-order chi connectivity index (χ0) is 13.7. The quantitative estimate of drug-likeness (QED) is 0.577. The summed E-state index contributed by atoms with van der Waals surface area (Å²) in [6.07, 6.45) is -1.55. The highest BCUT2D eigenvalue weighted by Gasteiger charge is 2.29. The molecule has 4 heteroatoms. The second kappa shape index (κ2) is 6.28. The molecule has 0 radical (unpaired) electrons. The highest BCUT2D eigenvalue weighted by molar-refractivity contribution is 6.13. The maximum atomic E-state index is 13.8. The molecule has 0 amide bonds. The van der Waals surface area contributed by atoms with Crippen molar-refractivity contribution in [2.45, 2.75) is 26.4 Å². The third-order valence-electron chi connectivity index (χ3n) is 2.95. The van der Waals surface area contributed by atoms with Gasteiger partial charge in [0.1, 0.15) is 5.75 Å². The molecule has 1 rings (SSSR count). The Labute approximate surface area is 106 Å². The molecule has 18 heavy (non-hydrogen) atoms. The first-order valence-electron chi connectivity index (χ1n) is 5.87. The van der Waals surface area contributed by atoms with Gasteiger partial charge >= 0.3 is 0 Å². The monoisotopic (exact) mass is 252 g/mol. The fourth-order valence-electron chi connectivity index (χ4n) is 1.48. The molecule has 0 aliphatic heterocycles. The zero-order valence-electron chi connectivity index (χ0n) is 10.8. The Morgan fingerprint density at radius 1 is 1.28 bits per heavy atom. The number of Topliss-reactive ketones (excluding diaryl/α,β-unsaturated/α-hetero) is 2. The predicted molar refractivity (Wildman–Crippen MR) is 66.7 cm³/mol. The molecule has 2 unspecified atom stereocenters. The molecule has 0 spiro atoms. The molecule has 98 valence electrons. The summed E-state index contributed by atoms with van der Waals surface area (Å²) in [5.74, 6) is -1.31. The van der Waals surface area contributed by atoms with Crippen LogP contribution in [0.2, 0.25) is 0 Å². The van der Waals surface area contributed by atoms with Gasteiger partial charge in [0.15, 0.2) is 5.78 Å². The van der Waals surface area contributed by atoms with Gasteiger partial charge in [-0.3, -0.25) is 9.59 Å². The number of halogens is 1. The van der Waals surface area contributed by atoms with Crippen molar-refractivity contribution in [2.24, 2.45) is 5.92 Å². The number of alkyl halides is 1. The predicted octanol–water partition coefficient (Wildman–Crippen LogP) is 2.83. The van der Waals surface area contributed by atoms with Crippen molar-refractivity contribution in [2.75, 3.05) is 7.11 Å². The molecule has 0 heterocycles. The number of benzene rings is 1. The summed E-state index contributed by atoms with van der Waals surface area (Å²) in [6.45, 7) is 3.41. The summed E-state index contributed by atoms with van der Waals surface area (Å²) in [4.78, 5) is 23.4. The van der Waals surface area contributed by atoms with Crippen LogP contribution in [0.5, 0.6) is 5.75 Å². The highest BCUT2D eigenvalue weighted by Crippen LogP contribution is 2.16. The van der Waals surface area contributed by atoms with Crippen LogP contribution in [0.3, 0.4) is 0 Å². The number of ether oxygens (including phenoxy) is 1. The van der Waals surface area contributed by atoms with Crippen molar-refractivity contribution in [3.8, 4) is 5.75 Å². The Morgan fingerprint density at radius 3 is 2.28 bits per heavy atom. The lowest BCUT2D eigenvalue weighted by Gasteiger charge is -2.11. The van der Waals surface area contributed by atoms with Crippen molar-refractivity contribution in [1.82, 2.24) is 0 Å². The van der Waals surface area contributed by atoms with E-state index in [0.717, 1.165) is 0 Å². The van der Waals surface area contributed by atoms with Gasteiger partial charge in [0.2, 0.25) is 12.0 Å². The van der Waals surface area contributed by atoms with Crippen LogP contribution >= 0.6 is 0 Å². The second-order valence-electron chi connectivity index (χ2n) is 4.17. The summed E-state index contributed by atoms with van der Waals surface area (Å²) in [6, 6.07) is 6.04. The van der Waals surface area contributed by atoms with Crippen LogP contribution in [-0.2, 0) is 4.79 Å². The summed E-state index contributed by atoms with van der Waals surface area (Å²) >= 11 is 0. The molecule has 0 aliphatic rings. The fraction of sp³-hybridized carbons (Fsp3) is 0.429. The van der Waals surface area contributed by atoms with E-state index in [1.165, 1.54) is 19.2 Å². The number of rotatable bonds is 6. The molecule has 2 atom stereocenters. The van der Waals surface area contributed by atoms with Gasteiger partial charge in [-0.15, -0.1) is 0 Å². The molecule has 0 saturated heterocycles. The van der Waals surface area contributed by atoms with Gasteiger partial charge in [0, 0.05) is 11.5 Å². The van der Waals surface area contributed by atoms with Crippen LogP contribution in [0.25, 0.3) is 0 Å². The number of carbonyl (C=O) groups excluding carboxylic acids is 2. The first-order valence-corrected chi connectivity index (χ1v) is 5.87. The van der Waals surface area contributed by atoms with Gasteiger partial charge in [-0.05, 0) is 30.7 Å². The van der Waals surface area contributed by atoms with Crippen molar-refractivity contribution in [1.29, 1.82) is 0 Å². The third-order valence-corrected chi connectivity index (χ3v) is 2.95. The summed E-state index contributed by atoms with van der Waals surface area (Å²) in [5.41, 5.74) is 0.181. The van der Waals surface area contributed by atoms with Gasteiger partial charge in [-0.1, -0.05) is 13.8 Å².